The number of nitrogens with zero attached hydrogens (tertiary/aromatic N) is 1. The molecule has 0 aliphatic carbocycles. The number of halogens is 2. The van der Waals surface area contributed by atoms with Crippen LogP contribution in [0.2, 0.25) is 0 Å². The predicted molar refractivity (Wildman–Crippen MR) is 68.4 cm³/mol. The van der Waals surface area contributed by atoms with Crippen molar-refractivity contribution in [3.05, 3.63) is 48.0 Å². The second-order valence-corrected chi connectivity index (χ2v) is 3.96. The highest BCUT2D eigenvalue weighted by atomic mass is 19.1. The minimum Gasteiger partial charge on any atom is -0.370 e. The largest absolute Gasteiger partial charge is 0.370 e. The summed E-state index contributed by atoms with van der Waals surface area (Å²) in [7, 11) is 0. The predicted octanol–water partition coefficient (Wildman–Crippen LogP) is 3.85. The Morgan fingerprint density at radius 2 is 2.00 bits per heavy atom. The average Bonchev–Trinajstić information content (AvgIpc) is 2.36. The maximum absolute atomic E-state index is 13.6. The third-order valence-electron chi connectivity index (χ3n) is 2.51. The first-order valence-corrected chi connectivity index (χ1v) is 5.87. The summed E-state index contributed by atoms with van der Waals surface area (Å²) in [5, 5.41) is 3.13. The molecule has 1 N–H and O–H groups in total. The molecule has 0 saturated carbocycles. The summed E-state index contributed by atoms with van der Waals surface area (Å²) in [5.74, 6) is -0.496. The van der Waals surface area contributed by atoms with Crippen molar-refractivity contribution in [1.82, 2.24) is 4.98 Å². The van der Waals surface area contributed by atoms with Gasteiger partial charge in [0.05, 0.1) is 5.69 Å². The topological polar surface area (TPSA) is 24.9 Å². The van der Waals surface area contributed by atoms with Gasteiger partial charge >= 0.3 is 0 Å². The van der Waals surface area contributed by atoms with Gasteiger partial charge in [0.2, 0.25) is 0 Å². The van der Waals surface area contributed by atoms with E-state index in [1.54, 1.807) is 12.1 Å². The third-order valence-corrected chi connectivity index (χ3v) is 2.51. The van der Waals surface area contributed by atoms with Crippen molar-refractivity contribution in [3.8, 4) is 11.3 Å². The zero-order valence-electron chi connectivity index (χ0n) is 10.1. The van der Waals surface area contributed by atoms with E-state index in [1.165, 1.54) is 12.1 Å². The summed E-state index contributed by atoms with van der Waals surface area (Å²) in [6, 6.07) is 8.81. The van der Waals surface area contributed by atoms with Gasteiger partial charge in [-0.25, -0.2) is 13.8 Å². The van der Waals surface area contributed by atoms with Crippen LogP contribution in [0.5, 0.6) is 0 Å². The summed E-state index contributed by atoms with van der Waals surface area (Å²) in [4.78, 5) is 4.30. The Morgan fingerprint density at radius 1 is 1.17 bits per heavy atom. The standard InChI is InChI=1S/C14H14F2N2/c1-2-8-17-14-5-3-4-13(18-14)11-7-6-10(15)9-12(11)16/h3-7,9H,2,8H2,1H3,(H,17,18). The van der Waals surface area contributed by atoms with Crippen molar-refractivity contribution < 1.29 is 8.78 Å². The molecular weight excluding hydrogens is 234 g/mol. The SMILES string of the molecule is CCCNc1cccc(-c2ccc(F)cc2F)n1. The van der Waals surface area contributed by atoms with E-state index in [0.29, 0.717) is 17.1 Å². The molecule has 0 amide bonds. The molecule has 1 aromatic heterocycles. The molecule has 0 fully saturated rings. The van der Waals surface area contributed by atoms with Crippen molar-refractivity contribution in [2.75, 3.05) is 11.9 Å². The molecule has 0 aliphatic rings. The fraction of sp³-hybridized carbons (Fsp3) is 0.214. The maximum Gasteiger partial charge on any atom is 0.135 e. The Labute approximate surface area is 105 Å². The van der Waals surface area contributed by atoms with Crippen LogP contribution in [0, 0.1) is 11.6 Å². The second kappa shape index (κ2) is 5.58. The zero-order valence-corrected chi connectivity index (χ0v) is 10.1. The van der Waals surface area contributed by atoms with Crippen molar-refractivity contribution in [1.29, 1.82) is 0 Å². The molecule has 0 saturated heterocycles. The van der Waals surface area contributed by atoms with Crippen LogP contribution >= 0.6 is 0 Å². The average molecular weight is 248 g/mol. The molecule has 18 heavy (non-hydrogen) atoms. The van der Waals surface area contributed by atoms with E-state index in [-0.39, 0.29) is 0 Å². The molecule has 1 heterocycles. The smallest absolute Gasteiger partial charge is 0.135 e. The fourth-order valence-electron chi connectivity index (χ4n) is 1.63. The highest BCUT2D eigenvalue weighted by molar-refractivity contribution is 5.61. The maximum atomic E-state index is 13.6. The number of aromatic nitrogens is 1. The van der Waals surface area contributed by atoms with Gasteiger partial charge in [0.25, 0.3) is 0 Å². The van der Waals surface area contributed by atoms with Crippen LogP contribution in [0.25, 0.3) is 11.3 Å². The molecular formula is C14H14F2N2. The van der Waals surface area contributed by atoms with Crippen molar-refractivity contribution in [2.24, 2.45) is 0 Å². The van der Waals surface area contributed by atoms with Gasteiger partial charge in [-0.1, -0.05) is 13.0 Å². The van der Waals surface area contributed by atoms with Crippen LogP contribution in [-0.2, 0) is 0 Å². The van der Waals surface area contributed by atoms with Crippen LogP contribution in [0.15, 0.2) is 36.4 Å². The lowest BCUT2D eigenvalue weighted by Crippen LogP contribution is -2.02. The Hall–Kier alpha value is -1.97. The number of hydrogen-bond donors (Lipinski definition) is 1. The quantitative estimate of drug-likeness (QED) is 0.889. The summed E-state index contributed by atoms with van der Waals surface area (Å²) < 4.78 is 26.5. The summed E-state index contributed by atoms with van der Waals surface area (Å²) >= 11 is 0. The molecule has 1 aromatic carbocycles. The molecule has 0 atom stereocenters. The van der Waals surface area contributed by atoms with E-state index < -0.39 is 11.6 Å². The Morgan fingerprint density at radius 3 is 2.72 bits per heavy atom. The van der Waals surface area contributed by atoms with Gasteiger partial charge in [0.1, 0.15) is 17.5 Å². The van der Waals surface area contributed by atoms with Crippen LogP contribution < -0.4 is 5.32 Å². The lowest BCUT2D eigenvalue weighted by atomic mass is 10.1. The number of pyridine rings is 1. The molecule has 0 unspecified atom stereocenters. The van der Waals surface area contributed by atoms with Gasteiger partial charge < -0.3 is 5.32 Å². The van der Waals surface area contributed by atoms with E-state index in [4.69, 9.17) is 0 Å². The second-order valence-electron chi connectivity index (χ2n) is 3.96. The molecule has 0 aliphatic heterocycles. The molecule has 0 spiro atoms. The summed E-state index contributed by atoms with van der Waals surface area (Å²) in [6.07, 6.45) is 0.983. The van der Waals surface area contributed by atoms with Crippen LogP contribution in [0.1, 0.15) is 13.3 Å². The van der Waals surface area contributed by atoms with Gasteiger partial charge in [-0.2, -0.15) is 0 Å². The summed E-state index contributed by atoms with van der Waals surface area (Å²) in [6.45, 7) is 2.86. The van der Waals surface area contributed by atoms with E-state index in [0.717, 1.165) is 19.0 Å². The van der Waals surface area contributed by atoms with Crippen molar-refractivity contribution in [2.45, 2.75) is 13.3 Å². The summed E-state index contributed by atoms with van der Waals surface area (Å²) in [5.41, 5.74) is 0.796. The highest BCUT2D eigenvalue weighted by Crippen LogP contribution is 2.22. The van der Waals surface area contributed by atoms with Gasteiger partial charge in [0.15, 0.2) is 0 Å². The highest BCUT2D eigenvalue weighted by Gasteiger charge is 2.08. The van der Waals surface area contributed by atoms with Crippen LogP contribution in [-0.4, -0.2) is 11.5 Å². The van der Waals surface area contributed by atoms with Crippen LogP contribution in [0.4, 0.5) is 14.6 Å². The van der Waals surface area contributed by atoms with Gasteiger partial charge in [-0.3, -0.25) is 0 Å². The lowest BCUT2D eigenvalue weighted by molar-refractivity contribution is 0.585. The Balaban J connectivity index is 2.32. The molecule has 0 bridgehead atoms. The van der Waals surface area contributed by atoms with E-state index in [9.17, 15) is 8.78 Å². The third kappa shape index (κ3) is 2.83. The van der Waals surface area contributed by atoms with E-state index in [1.807, 2.05) is 6.07 Å². The number of rotatable bonds is 4. The zero-order chi connectivity index (χ0) is 13.0. The molecule has 2 nitrogen and oxygen atoms in total. The van der Waals surface area contributed by atoms with E-state index >= 15 is 0 Å². The van der Waals surface area contributed by atoms with Crippen molar-refractivity contribution in [3.63, 3.8) is 0 Å². The van der Waals surface area contributed by atoms with E-state index in [2.05, 4.69) is 17.2 Å². The van der Waals surface area contributed by atoms with Crippen molar-refractivity contribution >= 4 is 5.82 Å². The molecule has 0 radical (unpaired) electrons. The Bertz CT molecular complexity index is 541. The first kappa shape index (κ1) is 12.5. The lowest BCUT2D eigenvalue weighted by Gasteiger charge is -2.07. The first-order valence-electron chi connectivity index (χ1n) is 5.87. The molecule has 2 rings (SSSR count). The molecule has 94 valence electrons. The fourth-order valence-corrected chi connectivity index (χ4v) is 1.63. The number of nitrogens with one attached hydrogen (secondary N) is 1. The van der Waals surface area contributed by atoms with Gasteiger partial charge in [0, 0.05) is 18.2 Å². The van der Waals surface area contributed by atoms with Gasteiger partial charge in [-0.15, -0.1) is 0 Å². The number of anilines is 1. The number of benzene rings is 1. The van der Waals surface area contributed by atoms with Gasteiger partial charge in [-0.05, 0) is 30.7 Å². The van der Waals surface area contributed by atoms with Crippen LogP contribution in [0.3, 0.4) is 0 Å². The Kier molecular flexibility index (Phi) is 3.87. The monoisotopic (exact) mass is 248 g/mol. The molecule has 4 heteroatoms. The normalized spacial score (nSPS) is 10.4. The minimum atomic E-state index is -0.602. The first-order chi connectivity index (χ1) is 8.70. The minimum absolute atomic E-state index is 0.302. The number of hydrogen-bond acceptors (Lipinski definition) is 2. The molecule has 2 aromatic rings.